The van der Waals surface area contributed by atoms with Crippen LogP contribution in [0.5, 0.6) is 0 Å². The predicted octanol–water partition coefficient (Wildman–Crippen LogP) is 3.05. The number of hydrogen-bond donors (Lipinski definition) is 1. The summed E-state index contributed by atoms with van der Waals surface area (Å²) in [6.07, 6.45) is 5.96. The quantitative estimate of drug-likeness (QED) is 0.868. The predicted molar refractivity (Wildman–Crippen MR) is 82.6 cm³/mol. The molecule has 0 aromatic carbocycles. The fourth-order valence-corrected chi connectivity index (χ4v) is 3.65. The second-order valence-electron chi connectivity index (χ2n) is 5.74. The minimum Gasteiger partial charge on any atom is -0.308 e. The molecule has 2 rings (SSSR count). The Kier molecular flexibility index (Phi) is 5.79. The maximum Gasteiger partial charge on any atom is 0.107 e. The van der Waals surface area contributed by atoms with Crippen molar-refractivity contribution in [3.8, 4) is 0 Å². The first-order chi connectivity index (χ1) is 9.19. The van der Waals surface area contributed by atoms with E-state index in [1.165, 1.54) is 48.8 Å². The third kappa shape index (κ3) is 4.55. The Balaban J connectivity index is 1.77. The summed E-state index contributed by atoms with van der Waals surface area (Å²) < 4.78 is 0. The van der Waals surface area contributed by atoms with Crippen molar-refractivity contribution < 1.29 is 0 Å². The summed E-state index contributed by atoms with van der Waals surface area (Å²) in [4.78, 5) is 8.35. The van der Waals surface area contributed by atoms with Gasteiger partial charge in [-0.15, -0.1) is 11.3 Å². The molecule has 108 valence electrons. The third-order valence-corrected chi connectivity index (χ3v) is 4.95. The van der Waals surface area contributed by atoms with Crippen LogP contribution in [0.1, 0.15) is 43.0 Å². The van der Waals surface area contributed by atoms with Gasteiger partial charge >= 0.3 is 0 Å². The van der Waals surface area contributed by atoms with Crippen LogP contribution in [0.3, 0.4) is 0 Å². The molecule has 2 heterocycles. The average molecular weight is 281 g/mol. The van der Waals surface area contributed by atoms with Gasteiger partial charge in [0.1, 0.15) is 5.01 Å². The maximum atomic E-state index is 4.42. The Morgan fingerprint density at radius 3 is 3.11 bits per heavy atom. The maximum absolute atomic E-state index is 4.42. The zero-order chi connectivity index (χ0) is 13.7. The number of hydrogen-bond acceptors (Lipinski definition) is 4. The molecule has 19 heavy (non-hydrogen) atoms. The molecule has 1 aliphatic heterocycles. The minimum absolute atomic E-state index is 0.587. The lowest BCUT2D eigenvalue weighted by atomic mass is 9.91. The van der Waals surface area contributed by atoms with E-state index in [2.05, 4.69) is 36.0 Å². The molecule has 0 spiro atoms. The van der Waals surface area contributed by atoms with Crippen molar-refractivity contribution in [1.82, 2.24) is 15.2 Å². The molecule has 1 fully saturated rings. The molecule has 0 aliphatic carbocycles. The number of nitrogens with one attached hydrogen (secondary N) is 1. The molecule has 2 atom stereocenters. The fourth-order valence-electron chi connectivity index (χ4n) is 2.92. The van der Waals surface area contributed by atoms with E-state index in [9.17, 15) is 0 Å². The van der Waals surface area contributed by atoms with Crippen molar-refractivity contribution in [3.05, 3.63) is 16.1 Å². The molecular weight excluding hydrogens is 254 g/mol. The van der Waals surface area contributed by atoms with Crippen LogP contribution in [0.4, 0.5) is 0 Å². The van der Waals surface area contributed by atoms with Crippen molar-refractivity contribution in [1.29, 1.82) is 0 Å². The Hall–Kier alpha value is -0.450. The standard InChI is InChI=1S/C15H27N3S/c1-4-7-18-8-5-6-14(11-18)13(3)16-10-15-17-9-12(2)19-15/h9,13-14,16H,4-8,10-11H2,1-3H3. The lowest BCUT2D eigenvalue weighted by Gasteiger charge is -2.36. The number of aryl methyl sites for hydroxylation is 1. The molecule has 3 nitrogen and oxygen atoms in total. The molecule has 2 unspecified atom stereocenters. The van der Waals surface area contributed by atoms with Crippen LogP contribution in [0.15, 0.2) is 6.20 Å². The molecule has 0 amide bonds. The highest BCUT2D eigenvalue weighted by molar-refractivity contribution is 7.11. The van der Waals surface area contributed by atoms with Gasteiger partial charge < -0.3 is 10.2 Å². The number of thiazole rings is 1. The lowest BCUT2D eigenvalue weighted by Crippen LogP contribution is -2.44. The van der Waals surface area contributed by atoms with E-state index in [4.69, 9.17) is 0 Å². The first-order valence-electron chi connectivity index (χ1n) is 7.56. The van der Waals surface area contributed by atoms with E-state index in [1.54, 1.807) is 11.3 Å². The van der Waals surface area contributed by atoms with Gasteiger partial charge in [0.05, 0.1) is 0 Å². The van der Waals surface area contributed by atoms with Gasteiger partial charge in [0.15, 0.2) is 0 Å². The molecule has 1 aromatic rings. The number of rotatable bonds is 6. The Labute approximate surface area is 121 Å². The summed E-state index contributed by atoms with van der Waals surface area (Å²) in [6, 6.07) is 0.587. The van der Waals surface area contributed by atoms with Gasteiger partial charge in [0.25, 0.3) is 0 Å². The molecule has 1 saturated heterocycles. The Morgan fingerprint density at radius 2 is 2.42 bits per heavy atom. The van der Waals surface area contributed by atoms with Crippen LogP contribution in [0.25, 0.3) is 0 Å². The van der Waals surface area contributed by atoms with E-state index in [-0.39, 0.29) is 0 Å². The zero-order valence-corrected chi connectivity index (χ0v) is 13.3. The first-order valence-corrected chi connectivity index (χ1v) is 8.37. The molecule has 1 N–H and O–H groups in total. The van der Waals surface area contributed by atoms with Crippen molar-refractivity contribution in [2.24, 2.45) is 5.92 Å². The minimum atomic E-state index is 0.587. The van der Waals surface area contributed by atoms with Gasteiger partial charge in [0, 0.05) is 30.2 Å². The first kappa shape index (κ1) is 14.9. The second kappa shape index (κ2) is 7.36. The number of likely N-dealkylation sites (tertiary alicyclic amines) is 1. The van der Waals surface area contributed by atoms with E-state index in [0.29, 0.717) is 6.04 Å². The van der Waals surface area contributed by atoms with Crippen LogP contribution in [0, 0.1) is 12.8 Å². The number of piperidine rings is 1. The largest absolute Gasteiger partial charge is 0.308 e. The number of nitrogens with zero attached hydrogens (tertiary/aromatic N) is 2. The van der Waals surface area contributed by atoms with Crippen molar-refractivity contribution in [2.75, 3.05) is 19.6 Å². The Bertz CT molecular complexity index is 375. The molecule has 1 aromatic heterocycles. The highest BCUT2D eigenvalue weighted by Crippen LogP contribution is 2.20. The molecule has 4 heteroatoms. The lowest BCUT2D eigenvalue weighted by molar-refractivity contribution is 0.150. The van der Waals surface area contributed by atoms with E-state index >= 15 is 0 Å². The summed E-state index contributed by atoms with van der Waals surface area (Å²) in [7, 11) is 0. The molecule has 0 saturated carbocycles. The van der Waals surface area contributed by atoms with Crippen LogP contribution in [-0.2, 0) is 6.54 Å². The van der Waals surface area contributed by atoms with E-state index in [0.717, 1.165) is 12.5 Å². The summed E-state index contributed by atoms with van der Waals surface area (Å²) in [5.74, 6) is 0.793. The smallest absolute Gasteiger partial charge is 0.107 e. The van der Waals surface area contributed by atoms with Crippen LogP contribution in [0.2, 0.25) is 0 Å². The van der Waals surface area contributed by atoms with E-state index < -0.39 is 0 Å². The SMILES string of the molecule is CCCN1CCCC(C(C)NCc2ncc(C)s2)C1. The van der Waals surface area contributed by atoms with Gasteiger partial charge in [-0.3, -0.25) is 0 Å². The van der Waals surface area contributed by atoms with Gasteiger partial charge in [-0.05, 0) is 52.1 Å². The van der Waals surface area contributed by atoms with Crippen LogP contribution in [-0.4, -0.2) is 35.6 Å². The number of aromatic nitrogens is 1. The molecule has 0 radical (unpaired) electrons. The monoisotopic (exact) mass is 281 g/mol. The van der Waals surface area contributed by atoms with Gasteiger partial charge in [0.2, 0.25) is 0 Å². The highest BCUT2D eigenvalue weighted by Gasteiger charge is 2.23. The summed E-state index contributed by atoms with van der Waals surface area (Å²) in [5.41, 5.74) is 0. The van der Waals surface area contributed by atoms with Gasteiger partial charge in [-0.1, -0.05) is 6.92 Å². The van der Waals surface area contributed by atoms with Crippen molar-refractivity contribution in [3.63, 3.8) is 0 Å². The fraction of sp³-hybridized carbons (Fsp3) is 0.800. The highest BCUT2D eigenvalue weighted by atomic mass is 32.1. The van der Waals surface area contributed by atoms with Crippen LogP contribution >= 0.6 is 11.3 Å². The second-order valence-corrected chi connectivity index (χ2v) is 7.06. The summed E-state index contributed by atoms with van der Waals surface area (Å²) >= 11 is 1.80. The van der Waals surface area contributed by atoms with Crippen molar-refractivity contribution in [2.45, 2.75) is 52.6 Å². The van der Waals surface area contributed by atoms with Gasteiger partial charge in [-0.2, -0.15) is 0 Å². The topological polar surface area (TPSA) is 28.2 Å². The average Bonchev–Trinajstić information content (AvgIpc) is 2.82. The van der Waals surface area contributed by atoms with Crippen LogP contribution < -0.4 is 5.32 Å². The Morgan fingerprint density at radius 1 is 1.58 bits per heavy atom. The molecule has 0 bridgehead atoms. The summed E-state index contributed by atoms with van der Waals surface area (Å²) in [5, 5.41) is 4.88. The van der Waals surface area contributed by atoms with Crippen molar-refractivity contribution >= 4 is 11.3 Å². The molecule has 1 aliphatic rings. The van der Waals surface area contributed by atoms with Gasteiger partial charge in [-0.25, -0.2) is 4.98 Å². The van der Waals surface area contributed by atoms with E-state index in [1.807, 2.05) is 6.20 Å². The zero-order valence-electron chi connectivity index (χ0n) is 12.5. The normalized spacial score (nSPS) is 22.6. The molecular formula is C15H27N3S. The summed E-state index contributed by atoms with van der Waals surface area (Å²) in [6.45, 7) is 11.5. The third-order valence-electron chi connectivity index (χ3n) is 4.03.